The molecule has 2 rings (SSSR count). The highest BCUT2D eigenvalue weighted by molar-refractivity contribution is 6.73. The summed E-state index contributed by atoms with van der Waals surface area (Å²) < 4.78 is 48.3. The molecule has 0 radical (unpaired) electrons. The molecule has 1 atom stereocenters. The van der Waals surface area contributed by atoms with Crippen molar-refractivity contribution in [2.24, 2.45) is 0 Å². The molecule has 1 unspecified atom stereocenters. The third-order valence-corrected chi connectivity index (χ3v) is 3.04. The van der Waals surface area contributed by atoms with Gasteiger partial charge in [-0.05, 0) is 19.2 Å². The maximum absolute atomic E-state index is 12.4. The van der Waals surface area contributed by atoms with Crippen LogP contribution in [0, 0.1) is 0 Å². The Morgan fingerprint density at radius 2 is 2.00 bits per heavy atom. The van der Waals surface area contributed by atoms with Gasteiger partial charge in [0.1, 0.15) is 18.5 Å². The lowest BCUT2D eigenvalue weighted by Crippen LogP contribution is -2.42. The minimum absolute atomic E-state index is 0.0368. The van der Waals surface area contributed by atoms with Crippen LogP contribution in [0.4, 0.5) is 12.9 Å². The Morgan fingerprint density at radius 3 is 2.58 bits per heavy atom. The molecule has 1 heterocycles. The van der Waals surface area contributed by atoms with Crippen molar-refractivity contribution in [1.82, 2.24) is 4.90 Å². The van der Waals surface area contributed by atoms with Crippen molar-refractivity contribution in [1.29, 1.82) is 0 Å². The summed E-state index contributed by atoms with van der Waals surface area (Å²) in [6.45, 7) is -2.28. The molecule has 106 valence electrons. The number of rotatable bonds is 4. The van der Waals surface area contributed by atoms with Gasteiger partial charge in [0.2, 0.25) is 0 Å². The topological polar surface area (TPSA) is 21.7 Å². The lowest BCUT2D eigenvalue weighted by atomic mass is 9.80. The lowest BCUT2D eigenvalue weighted by Gasteiger charge is -2.29. The molecule has 0 aromatic heterocycles. The van der Waals surface area contributed by atoms with E-state index in [0.29, 0.717) is 19.0 Å². The van der Waals surface area contributed by atoms with Gasteiger partial charge in [0.15, 0.2) is 0 Å². The smallest absolute Gasteiger partial charge is 0.491 e. The number of ether oxygens (including phenoxy) is 2. The van der Waals surface area contributed by atoms with Gasteiger partial charge in [-0.3, -0.25) is 0 Å². The van der Waals surface area contributed by atoms with E-state index in [4.69, 9.17) is 9.47 Å². The molecule has 1 saturated heterocycles. The Bertz CT molecular complexity index is 410. The molecule has 7 heteroatoms. The van der Waals surface area contributed by atoms with E-state index in [-0.39, 0.29) is 6.10 Å². The Morgan fingerprint density at radius 1 is 1.32 bits per heavy atom. The van der Waals surface area contributed by atoms with Gasteiger partial charge in [-0.15, -0.1) is 5.46 Å². The van der Waals surface area contributed by atoms with Crippen LogP contribution in [-0.2, 0) is 4.74 Å². The highest BCUT2D eigenvalue weighted by Gasteiger charge is 2.25. The zero-order valence-electron chi connectivity index (χ0n) is 10.7. The predicted molar refractivity (Wildman–Crippen MR) is 67.9 cm³/mol. The lowest BCUT2D eigenvalue weighted by molar-refractivity contribution is -0.0403. The molecule has 0 bridgehead atoms. The number of halogens is 3. The van der Waals surface area contributed by atoms with Crippen molar-refractivity contribution in [3.05, 3.63) is 24.3 Å². The van der Waals surface area contributed by atoms with Gasteiger partial charge in [-0.25, -0.2) is 0 Å². The molecule has 1 aliphatic heterocycles. The number of likely N-dealkylation sites (N-methyl/N-ethyl adjacent to an activating group) is 1. The molecule has 1 aromatic carbocycles. The van der Waals surface area contributed by atoms with Gasteiger partial charge >= 0.3 is 6.98 Å². The van der Waals surface area contributed by atoms with Crippen molar-refractivity contribution >= 4 is 12.4 Å². The van der Waals surface area contributed by atoms with Crippen molar-refractivity contribution in [3.63, 3.8) is 0 Å². The number of hydrogen-bond donors (Lipinski definition) is 0. The predicted octanol–water partition coefficient (Wildman–Crippen LogP) is 1.45. The van der Waals surface area contributed by atoms with Crippen LogP contribution in [0.15, 0.2) is 24.3 Å². The average Bonchev–Trinajstić information content (AvgIpc) is 2.36. The van der Waals surface area contributed by atoms with Crippen LogP contribution in [0.1, 0.15) is 0 Å². The number of hydrogen-bond acceptors (Lipinski definition) is 3. The third-order valence-electron chi connectivity index (χ3n) is 3.04. The van der Waals surface area contributed by atoms with Gasteiger partial charge in [0.25, 0.3) is 0 Å². The fourth-order valence-corrected chi connectivity index (χ4v) is 1.94. The van der Waals surface area contributed by atoms with E-state index >= 15 is 0 Å². The number of nitrogens with zero attached hydrogens (tertiary/aromatic N) is 1. The van der Waals surface area contributed by atoms with E-state index in [9.17, 15) is 12.9 Å². The minimum Gasteiger partial charge on any atom is -0.491 e. The maximum Gasteiger partial charge on any atom is 0.509 e. The largest absolute Gasteiger partial charge is 0.509 e. The first kappa shape index (κ1) is 14.2. The molecule has 1 fully saturated rings. The Labute approximate surface area is 110 Å². The quantitative estimate of drug-likeness (QED) is 0.776. The summed E-state index contributed by atoms with van der Waals surface area (Å²) in [7, 11) is 2.00. The number of morpholine rings is 1. The normalized spacial score (nSPS) is 21.4. The minimum atomic E-state index is -4.94. The second-order valence-electron chi connectivity index (χ2n) is 4.71. The summed E-state index contributed by atoms with van der Waals surface area (Å²) in [6.07, 6.45) is -0.0368. The van der Waals surface area contributed by atoms with Crippen molar-refractivity contribution in [2.45, 2.75) is 6.10 Å². The molecule has 1 aromatic rings. The molecular formula is C12H16BF3NO2-. The van der Waals surface area contributed by atoms with Gasteiger partial charge < -0.3 is 27.3 Å². The van der Waals surface area contributed by atoms with Crippen LogP contribution in [0.25, 0.3) is 0 Å². The average molecular weight is 274 g/mol. The molecule has 19 heavy (non-hydrogen) atoms. The van der Waals surface area contributed by atoms with Crippen LogP contribution < -0.4 is 10.2 Å². The highest BCUT2D eigenvalue weighted by atomic mass is 19.4. The SMILES string of the molecule is CN1CCOC(COc2ccc([B-](F)(F)F)cc2)C1. The first-order chi connectivity index (χ1) is 8.95. The van der Waals surface area contributed by atoms with Crippen LogP contribution in [0.2, 0.25) is 0 Å². The summed E-state index contributed by atoms with van der Waals surface area (Å²) >= 11 is 0. The molecule has 0 saturated carbocycles. The highest BCUT2D eigenvalue weighted by Crippen LogP contribution is 2.14. The van der Waals surface area contributed by atoms with Crippen molar-refractivity contribution in [3.8, 4) is 5.75 Å². The molecule has 0 amide bonds. The zero-order chi connectivity index (χ0) is 13.9. The first-order valence-electron chi connectivity index (χ1n) is 6.18. The van der Waals surface area contributed by atoms with Gasteiger partial charge in [0.05, 0.1) is 6.61 Å². The molecule has 3 nitrogen and oxygen atoms in total. The van der Waals surface area contributed by atoms with Crippen LogP contribution in [-0.4, -0.2) is 51.3 Å². The van der Waals surface area contributed by atoms with Gasteiger partial charge in [-0.1, -0.05) is 12.1 Å². The van der Waals surface area contributed by atoms with Crippen LogP contribution in [0.5, 0.6) is 5.75 Å². The molecular weight excluding hydrogens is 258 g/mol. The Hall–Kier alpha value is -1.21. The van der Waals surface area contributed by atoms with E-state index in [1.54, 1.807) is 0 Å². The molecule has 0 spiro atoms. The second kappa shape index (κ2) is 5.84. The van der Waals surface area contributed by atoms with E-state index in [1.807, 2.05) is 7.05 Å². The molecule has 0 aliphatic carbocycles. The van der Waals surface area contributed by atoms with Gasteiger partial charge in [-0.2, -0.15) is 0 Å². The van der Waals surface area contributed by atoms with E-state index in [0.717, 1.165) is 25.2 Å². The summed E-state index contributed by atoms with van der Waals surface area (Å²) in [4.78, 5) is 2.13. The van der Waals surface area contributed by atoms with Gasteiger partial charge in [0, 0.05) is 13.1 Å². The Balaban J connectivity index is 1.86. The van der Waals surface area contributed by atoms with E-state index in [2.05, 4.69) is 4.90 Å². The van der Waals surface area contributed by atoms with E-state index in [1.165, 1.54) is 12.1 Å². The molecule has 0 N–H and O–H groups in total. The summed E-state index contributed by atoms with van der Waals surface area (Å²) in [5.74, 6) is 0.431. The van der Waals surface area contributed by atoms with Crippen molar-refractivity contribution < 1.29 is 22.4 Å². The first-order valence-corrected chi connectivity index (χ1v) is 6.18. The second-order valence-corrected chi connectivity index (χ2v) is 4.71. The van der Waals surface area contributed by atoms with E-state index < -0.39 is 12.4 Å². The Kier molecular flexibility index (Phi) is 4.36. The van der Waals surface area contributed by atoms with Crippen LogP contribution in [0.3, 0.4) is 0 Å². The summed E-state index contributed by atoms with van der Waals surface area (Å²) in [5.41, 5.74) is -0.610. The monoisotopic (exact) mass is 274 g/mol. The fraction of sp³-hybridized carbons (Fsp3) is 0.500. The maximum atomic E-state index is 12.4. The fourth-order valence-electron chi connectivity index (χ4n) is 1.94. The summed E-state index contributed by atoms with van der Waals surface area (Å²) in [5, 5.41) is 0. The third kappa shape index (κ3) is 4.14. The molecule has 1 aliphatic rings. The standard InChI is InChI=1S/C12H16BF3NO2/c1-17-6-7-18-12(8-17)9-19-11-4-2-10(3-5-11)13(14,15)16/h2-5,12H,6-9H2,1H3/q-1. The summed E-state index contributed by atoms with van der Waals surface area (Å²) in [6, 6.07) is 4.78. The zero-order valence-corrected chi connectivity index (χ0v) is 10.7. The van der Waals surface area contributed by atoms with Crippen molar-refractivity contribution in [2.75, 3.05) is 33.4 Å². The van der Waals surface area contributed by atoms with Crippen LogP contribution >= 0.6 is 0 Å². The number of benzene rings is 1.